The minimum absolute atomic E-state index is 0.00605. The van der Waals surface area contributed by atoms with E-state index in [1.54, 1.807) is 12.1 Å². The van der Waals surface area contributed by atoms with Gasteiger partial charge in [-0.25, -0.2) is 5.43 Å². The molecule has 0 bridgehead atoms. The molecule has 3 aromatic rings. The van der Waals surface area contributed by atoms with E-state index in [-0.39, 0.29) is 11.4 Å². The molecule has 0 saturated heterocycles. The van der Waals surface area contributed by atoms with Crippen LogP contribution in [0.4, 0.5) is 5.69 Å². The van der Waals surface area contributed by atoms with E-state index in [4.69, 9.17) is 4.42 Å². The van der Waals surface area contributed by atoms with Crippen LogP contribution in [0.3, 0.4) is 0 Å². The predicted molar refractivity (Wildman–Crippen MR) is 84.4 cm³/mol. The van der Waals surface area contributed by atoms with E-state index in [0.717, 1.165) is 5.39 Å². The molecule has 0 aliphatic heterocycles. The summed E-state index contributed by atoms with van der Waals surface area (Å²) in [6.07, 6.45) is 1.39. The average Bonchev–Trinajstić information content (AvgIpc) is 2.99. The van der Waals surface area contributed by atoms with Gasteiger partial charge < -0.3 is 4.42 Å². The van der Waals surface area contributed by atoms with Crippen LogP contribution < -0.4 is 5.43 Å². The lowest BCUT2D eigenvalue weighted by Gasteiger charge is -1.96. The van der Waals surface area contributed by atoms with Crippen LogP contribution in [0.2, 0.25) is 0 Å². The molecule has 1 amide bonds. The number of nitro groups is 1. The van der Waals surface area contributed by atoms with Crippen molar-refractivity contribution in [3.05, 3.63) is 76.0 Å². The quantitative estimate of drug-likeness (QED) is 0.455. The summed E-state index contributed by atoms with van der Waals surface area (Å²) in [6, 6.07) is 14.7. The molecule has 0 aliphatic carbocycles. The number of nitrogens with zero attached hydrogens (tertiary/aromatic N) is 2. The van der Waals surface area contributed by atoms with Gasteiger partial charge in [0.05, 0.1) is 11.1 Å². The van der Waals surface area contributed by atoms with Crippen molar-refractivity contribution in [1.29, 1.82) is 0 Å². The van der Waals surface area contributed by atoms with Crippen molar-refractivity contribution in [2.24, 2.45) is 5.10 Å². The van der Waals surface area contributed by atoms with Gasteiger partial charge >= 0.3 is 5.91 Å². The normalized spacial score (nSPS) is 11.0. The summed E-state index contributed by atoms with van der Waals surface area (Å²) in [7, 11) is 0. The number of carbonyl (C=O) groups excluding carboxylic acids is 1. The molecule has 0 radical (unpaired) electrons. The summed E-state index contributed by atoms with van der Waals surface area (Å²) in [6.45, 7) is 0. The SMILES string of the molecule is O=C(N/N=C\c1ccc([N+](=O)[O-])cc1)c1cc2ccccc2o1. The van der Waals surface area contributed by atoms with Crippen LogP contribution in [0.1, 0.15) is 16.1 Å². The third kappa shape index (κ3) is 3.24. The second-order valence-electron chi connectivity index (χ2n) is 4.70. The highest BCUT2D eigenvalue weighted by Crippen LogP contribution is 2.18. The summed E-state index contributed by atoms with van der Waals surface area (Å²) in [5.41, 5.74) is 3.59. The van der Waals surface area contributed by atoms with Gasteiger partial charge in [0.15, 0.2) is 5.76 Å². The lowest BCUT2D eigenvalue weighted by molar-refractivity contribution is -0.384. The molecule has 23 heavy (non-hydrogen) atoms. The summed E-state index contributed by atoms with van der Waals surface area (Å²) in [5, 5.41) is 15.2. The lowest BCUT2D eigenvalue weighted by Crippen LogP contribution is -2.16. The first kappa shape index (κ1) is 14.5. The molecule has 1 N–H and O–H groups in total. The number of para-hydroxylation sites is 1. The number of hydrogen-bond acceptors (Lipinski definition) is 5. The van der Waals surface area contributed by atoms with E-state index in [2.05, 4.69) is 10.5 Å². The first-order valence-electron chi connectivity index (χ1n) is 6.70. The highest BCUT2D eigenvalue weighted by Gasteiger charge is 2.10. The molecule has 7 nitrogen and oxygen atoms in total. The van der Waals surface area contributed by atoms with Gasteiger partial charge in [-0.3, -0.25) is 14.9 Å². The number of hydrogen-bond donors (Lipinski definition) is 1. The largest absolute Gasteiger partial charge is 0.451 e. The van der Waals surface area contributed by atoms with Gasteiger partial charge in [0, 0.05) is 17.5 Å². The van der Waals surface area contributed by atoms with Crippen LogP contribution in [0.5, 0.6) is 0 Å². The highest BCUT2D eigenvalue weighted by atomic mass is 16.6. The minimum Gasteiger partial charge on any atom is -0.451 e. The van der Waals surface area contributed by atoms with Gasteiger partial charge in [-0.05, 0) is 29.8 Å². The number of benzene rings is 2. The molecule has 1 heterocycles. The van der Waals surface area contributed by atoms with Crippen molar-refractivity contribution in [1.82, 2.24) is 5.43 Å². The van der Waals surface area contributed by atoms with Crippen LogP contribution in [-0.4, -0.2) is 17.0 Å². The summed E-state index contributed by atoms with van der Waals surface area (Å²) >= 11 is 0. The molecule has 114 valence electrons. The molecule has 0 atom stereocenters. The van der Waals surface area contributed by atoms with E-state index in [1.807, 2.05) is 18.2 Å². The maximum Gasteiger partial charge on any atom is 0.307 e. The number of non-ortho nitro benzene ring substituents is 1. The van der Waals surface area contributed by atoms with Gasteiger partial charge in [-0.2, -0.15) is 5.10 Å². The topological polar surface area (TPSA) is 97.7 Å². The summed E-state index contributed by atoms with van der Waals surface area (Å²) in [4.78, 5) is 22.0. The number of amides is 1. The van der Waals surface area contributed by atoms with Crippen molar-refractivity contribution >= 4 is 28.8 Å². The van der Waals surface area contributed by atoms with E-state index < -0.39 is 10.8 Å². The third-order valence-corrected chi connectivity index (χ3v) is 3.13. The number of rotatable bonds is 4. The fraction of sp³-hybridized carbons (Fsp3) is 0. The number of furan rings is 1. The van der Waals surface area contributed by atoms with Crippen LogP contribution in [0.15, 0.2) is 64.1 Å². The molecular weight excluding hydrogens is 298 g/mol. The average molecular weight is 309 g/mol. The van der Waals surface area contributed by atoms with E-state index >= 15 is 0 Å². The standard InChI is InChI=1S/C16H11N3O4/c20-16(15-9-12-3-1-2-4-14(12)23-15)18-17-10-11-5-7-13(8-6-11)19(21)22/h1-10H,(H,18,20)/b17-10-. The van der Waals surface area contributed by atoms with Crippen molar-refractivity contribution in [2.45, 2.75) is 0 Å². The Kier molecular flexibility index (Phi) is 3.84. The monoisotopic (exact) mass is 309 g/mol. The van der Waals surface area contributed by atoms with Crippen molar-refractivity contribution in [2.75, 3.05) is 0 Å². The van der Waals surface area contributed by atoms with Gasteiger partial charge in [-0.1, -0.05) is 18.2 Å². The van der Waals surface area contributed by atoms with Crippen molar-refractivity contribution in [3.8, 4) is 0 Å². The Morgan fingerprint density at radius 2 is 1.91 bits per heavy atom. The maximum atomic E-state index is 11.9. The zero-order valence-corrected chi connectivity index (χ0v) is 11.8. The Hall–Kier alpha value is -3.48. The molecule has 7 heteroatoms. The summed E-state index contributed by atoms with van der Waals surface area (Å²) in [5.74, 6) is -0.314. The number of hydrazone groups is 1. The van der Waals surface area contributed by atoms with Crippen LogP contribution in [0.25, 0.3) is 11.0 Å². The molecular formula is C16H11N3O4. The lowest BCUT2D eigenvalue weighted by atomic mass is 10.2. The van der Waals surface area contributed by atoms with Crippen LogP contribution in [0, 0.1) is 10.1 Å². The zero-order chi connectivity index (χ0) is 16.2. The number of fused-ring (bicyclic) bond motifs is 1. The molecule has 0 fully saturated rings. The number of nitrogens with one attached hydrogen (secondary N) is 1. The molecule has 1 aromatic heterocycles. The second-order valence-corrected chi connectivity index (χ2v) is 4.70. The Morgan fingerprint density at radius 3 is 2.61 bits per heavy atom. The smallest absolute Gasteiger partial charge is 0.307 e. The van der Waals surface area contributed by atoms with Crippen LogP contribution in [-0.2, 0) is 0 Å². The first-order chi connectivity index (χ1) is 11.1. The van der Waals surface area contributed by atoms with Gasteiger partial charge in [0.2, 0.25) is 0 Å². The Labute approximate surface area is 130 Å². The molecule has 0 spiro atoms. The fourth-order valence-corrected chi connectivity index (χ4v) is 2.00. The predicted octanol–water partition coefficient (Wildman–Crippen LogP) is 3.10. The Bertz CT molecular complexity index is 864. The third-order valence-electron chi connectivity index (χ3n) is 3.13. The second kappa shape index (κ2) is 6.10. The van der Waals surface area contributed by atoms with Crippen molar-refractivity contribution < 1.29 is 14.1 Å². The fourth-order valence-electron chi connectivity index (χ4n) is 2.00. The highest BCUT2D eigenvalue weighted by molar-refractivity contribution is 5.96. The first-order valence-corrected chi connectivity index (χ1v) is 6.70. The molecule has 0 saturated carbocycles. The number of carbonyl (C=O) groups is 1. The van der Waals surface area contributed by atoms with E-state index in [1.165, 1.54) is 30.5 Å². The minimum atomic E-state index is -0.482. The Balaban J connectivity index is 1.67. The summed E-state index contributed by atoms with van der Waals surface area (Å²) < 4.78 is 5.41. The van der Waals surface area contributed by atoms with Gasteiger partial charge in [0.1, 0.15) is 5.58 Å². The van der Waals surface area contributed by atoms with Crippen LogP contribution >= 0.6 is 0 Å². The van der Waals surface area contributed by atoms with Gasteiger partial charge in [0.25, 0.3) is 5.69 Å². The van der Waals surface area contributed by atoms with Gasteiger partial charge in [-0.15, -0.1) is 0 Å². The maximum absolute atomic E-state index is 11.9. The van der Waals surface area contributed by atoms with E-state index in [9.17, 15) is 14.9 Å². The zero-order valence-electron chi connectivity index (χ0n) is 11.8. The molecule has 3 rings (SSSR count). The number of nitro benzene ring substituents is 1. The molecule has 0 unspecified atom stereocenters. The molecule has 0 aliphatic rings. The van der Waals surface area contributed by atoms with E-state index in [0.29, 0.717) is 11.1 Å². The Morgan fingerprint density at radius 1 is 1.17 bits per heavy atom. The van der Waals surface area contributed by atoms with Crippen molar-refractivity contribution in [3.63, 3.8) is 0 Å². The molecule has 2 aromatic carbocycles.